The van der Waals surface area contributed by atoms with Crippen LogP contribution in [0.2, 0.25) is 0 Å². The lowest BCUT2D eigenvalue weighted by Crippen LogP contribution is -2.58. The smallest absolute Gasteiger partial charge is 0.251 e. The highest BCUT2D eigenvalue weighted by Crippen LogP contribution is 2.28. The van der Waals surface area contributed by atoms with Crippen LogP contribution < -0.4 is 5.32 Å². The third kappa shape index (κ3) is 3.55. The first kappa shape index (κ1) is 16.0. The molecule has 5 heteroatoms. The summed E-state index contributed by atoms with van der Waals surface area (Å²) in [6.45, 7) is 2.97. The maximum absolute atomic E-state index is 12.8. The van der Waals surface area contributed by atoms with E-state index in [1.807, 2.05) is 23.1 Å². The molecule has 1 N–H and O–H groups in total. The Hall–Kier alpha value is -1.88. The number of benzene rings is 1. The van der Waals surface area contributed by atoms with Crippen LogP contribution in [0.4, 0.5) is 0 Å². The van der Waals surface area contributed by atoms with E-state index in [0.29, 0.717) is 18.7 Å². The van der Waals surface area contributed by atoms with Gasteiger partial charge in [0.25, 0.3) is 5.91 Å². The Morgan fingerprint density at radius 2 is 1.96 bits per heavy atom. The number of nitrogens with zero attached hydrogens (tertiary/aromatic N) is 1. The summed E-state index contributed by atoms with van der Waals surface area (Å²) in [6, 6.07) is 8.63. The number of carbonyl (C=O) groups excluding carboxylic acids is 2. The molecule has 0 aromatic heterocycles. The van der Waals surface area contributed by atoms with Crippen LogP contribution in [-0.2, 0) is 9.53 Å². The van der Waals surface area contributed by atoms with Gasteiger partial charge in [-0.2, -0.15) is 0 Å². The van der Waals surface area contributed by atoms with Crippen LogP contribution in [-0.4, -0.2) is 48.1 Å². The summed E-state index contributed by atoms with van der Waals surface area (Å²) in [7, 11) is 0. The van der Waals surface area contributed by atoms with Crippen LogP contribution in [0.25, 0.3) is 0 Å². The molecule has 1 aromatic rings. The second-order valence-electron chi connectivity index (χ2n) is 6.35. The first-order valence-corrected chi connectivity index (χ1v) is 8.45. The predicted molar refractivity (Wildman–Crippen MR) is 87.1 cm³/mol. The minimum absolute atomic E-state index is 0.00511. The monoisotopic (exact) mass is 316 g/mol. The maximum Gasteiger partial charge on any atom is 0.251 e. The molecule has 0 spiro atoms. The SMILES string of the molecule is C[C@H](NC(=O)c1ccccc1)C(=O)N1CCO[C@H]2CCCC[C@@H]21. The van der Waals surface area contributed by atoms with Crippen LogP contribution >= 0.6 is 0 Å². The summed E-state index contributed by atoms with van der Waals surface area (Å²) < 4.78 is 5.81. The van der Waals surface area contributed by atoms with E-state index in [2.05, 4.69) is 5.32 Å². The number of nitrogens with one attached hydrogen (secondary N) is 1. The molecule has 0 unspecified atom stereocenters. The molecule has 1 aliphatic heterocycles. The van der Waals surface area contributed by atoms with Gasteiger partial charge in [0.05, 0.1) is 18.8 Å². The molecule has 3 atom stereocenters. The fourth-order valence-electron chi connectivity index (χ4n) is 3.55. The number of hydrogen-bond donors (Lipinski definition) is 1. The van der Waals surface area contributed by atoms with Gasteiger partial charge in [-0.25, -0.2) is 0 Å². The molecule has 2 amide bonds. The van der Waals surface area contributed by atoms with Crippen LogP contribution in [0.5, 0.6) is 0 Å². The molecule has 3 rings (SSSR count). The predicted octanol–water partition coefficient (Wildman–Crippen LogP) is 1.97. The summed E-state index contributed by atoms with van der Waals surface area (Å²) >= 11 is 0. The van der Waals surface area contributed by atoms with Crippen molar-refractivity contribution in [2.24, 2.45) is 0 Å². The fraction of sp³-hybridized carbons (Fsp3) is 0.556. The Balaban J connectivity index is 1.63. The number of hydrogen-bond acceptors (Lipinski definition) is 3. The van der Waals surface area contributed by atoms with E-state index >= 15 is 0 Å². The normalized spacial score (nSPS) is 25.3. The molecule has 2 fully saturated rings. The molecule has 1 heterocycles. The van der Waals surface area contributed by atoms with Crippen LogP contribution in [0.1, 0.15) is 43.0 Å². The number of morpholine rings is 1. The zero-order chi connectivity index (χ0) is 16.2. The van der Waals surface area contributed by atoms with Crippen molar-refractivity contribution in [3.8, 4) is 0 Å². The molecule has 1 aliphatic carbocycles. The molecule has 1 aromatic carbocycles. The lowest BCUT2D eigenvalue weighted by atomic mass is 9.90. The van der Waals surface area contributed by atoms with Gasteiger partial charge in [-0.1, -0.05) is 31.0 Å². The highest BCUT2D eigenvalue weighted by molar-refractivity contribution is 5.97. The first-order valence-electron chi connectivity index (χ1n) is 8.45. The maximum atomic E-state index is 12.8. The van der Waals surface area contributed by atoms with E-state index in [0.717, 1.165) is 19.3 Å². The third-order valence-electron chi connectivity index (χ3n) is 4.77. The number of rotatable bonds is 3. The zero-order valence-corrected chi connectivity index (χ0v) is 13.5. The van der Waals surface area contributed by atoms with E-state index in [-0.39, 0.29) is 24.0 Å². The van der Waals surface area contributed by atoms with Crippen molar-refractivity contribution in [2.45, 2.75) is 50.8 Å². The Morgan fingerprint density at radius 3 is 2.74 bits per heavy atom. The number of amides is 2. The minimum Gasteiger partial charge on any atom is -0.374 e. The molecular weight excluding hydrogens is 292 g/mol. The van der Waals surface area contributed by atoms with Gasteiger partial charge >= 0.3 is 0 Å². The summed E-state index contributed by atoms with van der Waals surface area (Å²) in [4.78, 5) is 26.9. The summed E-state index contributed by atoms with van der Waals surface area (Å²) in [6.07, 6.45) is 4.50. The van der Waals surface area contributed by atoms with Crippen LogP contribution in [0.15, 0.2) is 30.3 Å². The average molecular weight is 316 g/mol. The van der Waals surface area contributed by atoms with Gasteiger partial charge < -0.3 is 15.0 Å². The zero-order valence-electron chi connectivity index (χ0n) is 13.5. The molecule has 5 nitrogen and oxygen atoms in total. The number of ether oxygens (including phenoxy) is 1. The van der Waals surface area contributed by atoms with Crippen molar-refractivity contribution < 1.29 is 14.3 Å². The molecule has 0 bridgehead atoms. The van der Waals surface area contributed by atoms with Gasteiger partial charge in [0, 0.05) is 12.1 Å². The first-order chi connectivity index (χ1) is 11.2. The van der Waals surface area contributed by atoms with Crippen molar-refractivity contribution >= 4 is 11.8 Å². The van der Waals surface area contributed by atoms with Gasteiger partial charge in [-0.3, -0.25) is 9.59 Å². The quantitative estimate of drug-likeness (QED) is 0.927. The lowest BCUT2D eigenvalue weighted by Gasteiger charge is -2.44. The molecule has 0 radical (unpaired) electrons. The summed E-state index contributed by atoms with van der Waals surface area (Å²) in [5.41, 5.74) is 0.574. The van der Waals surface area contributed by atoms with E-state index in [1.165, 1.54) is 6.42 Å². The van der Waals surface area contributed by atoms with E-state index in [1.54, 1.807) is 19.1 Å². The lowest BCUT2D eigenvalue weighted by molar-refractivity contribution is -0.151. The van der Waals surface area contributed by atoms with Gasteiger partial charge in [0.1, 0.15) is 6.04 Å². The fourth-order valence-corrected chi connectivity index (χ4v) is 3.55. The molecule has 124 valence electrons. The Labute approximate surface area is 137 Å². The van der Waals surface area contributed by atoms with E-state index < -0.39 is 6.04 Å². The van der Waals surface area contributed by atoms with Crippen molar-refractivity contribution in [1.82, 2.24) is 10.2 Å². The second kappa shape index (κ2) is 7.13. The molecule has 1 saturated carbocycles. The van der Waals surface area contributed by atoms with Gasteiger partial charge in [0.15, 0.2) is 0 Å². The molecule has 2 aliphatic rings. The van der Waals surface area contributed by atoms with Crippen LogP contribution in [0.3, 0.4) is 0 Å². The molecule has 1 saturated heterocycles. The standard InChI is InChI=1S/C18H24N2O3/c1-13(19-17(21)14-7-3-2-4-8-14)18(22)20-11-12-23-16-10-6-5-9-15(16)20/h2-4,7-8,13,15-16H,5-6,9-12H2,1H3,(H,19,21)/t13-,15-,16-/m0/s1. The van der Waals surface area contributed by atoms with Gasteiger partial charge in [0.2, 0.25) is 5.91 Å². The second-order valence-corrected chi connectivity index (χ2v) is 6.35. The van der Waals surface area contributed by atoms with Gasteiger partial charge in [-0.05, 0) is 31.9 Å². The Bertz CT molecular complexity index is 559. The highest BCUT2D eigenvalue weighted by Gasteiger charge is 2.38. The van der Waals surface area contributed by atoms with Crippen molar-refractivity contribution in [1.29, 1.82) is 0 Å². The number of fused-ring (bicyclic) bond motifs is 1. The van der Waals surface area contributed by atoms with Crippen molar-refractivity contribution in [3.63, 3.8) is 0 Å². The largest absolute Gasteiger partial charge is 0.374 e. The Morgan fingerprint density at radius 1 is 1.22 bits per heavy atom. The highest BCUT2D eigenvalue weighted by atomic mass is 16.5. The van der Waals surface area contributed by atoms with Gasteiger partial charge in [-0.15, -0.1) is 0 Å². The van der Waals surface area contributed by atoms with Crippen molar-refractivity contribution in [3.05, 3.63) is 35.9 Å². The van der Waals surface area contributed by atoms with E-state index in [9.17, 15) is 9.59 Å². The Kier molecular flexibility index (Phi) is 4.96. The van der Waals surface area contributed by atoms with E-state index in [4.69, 9.17) is 4.74 Å². The summed E-state index contributed by atoms with van der Waals surface area (Å²) in [5, 5.41) is 2.82. The summed E-state index contributed by atoms with van der Waals surface area (Å²) in [5.74, 6) is -0.214. The van der Waals surface area contributed by atoms with Crippen molar-refractivity contribution in [2.75, 3.05) is 13.2 Å². The molecular formula is C18H24N2O3. The topological polar surface area (TPSA) is 58.6 Å². The average Bonchev–Trinajstić information content (AvgIpc) is 2.61. The number of carbonyl (C=O) groups is 2. The molecule has 23 heavy (non-hydrogen) atoms. The minimum atomic E-state index is -0.525. The third-order valence-corrected chi connectivity index (χ3v) is 4.77. The van der Waals surface area contributed by atoms with Crippen LogP contribution in [0, 0.1) is 0 Å².